The van der Waals surface area contributed by atoms with Crippen molar-refractivity contribution in [1.82, 2.24) is 14.9 Å². The molecule has 0 aliphatic carbocycles. The van der Waals surface area contributed by atoms with Crippen molar-refractivity contribution < 1.29 is 9.53 Å². The summed E-state index contributed by atoms with van der Waals surface area (Å²) >= 11 is 0. The molecule has 6 heteroatoms. The molecule has 6 nitrogen and oxygen atoms in total. The second-order valence-electron chi connectivity index (χ2n) is 4.79. The minimum Gasteiger partial charge on any atom is -0.369 e. The summed E-state index contributed by atoms with van der Waals surface area (Å²) in [7, 11) is 0. The zero-order valence-electron chi connectivity index (χ0n) is 11.5. The lowest BCUT2D eigenvalue weighted by atomic mass is 10.3. The lowest BCUT2D eigenvalue weighted by Crippen LogP contribution is -2.50. The lowest BCUT2D eigenvalue weighted by Gasteiger charge is -2.35. The van der Waals surface area contributed by atoms with Gasteiger partial charge in [-0.05, 0) is 13.8 Å². The third kappa shape index (κ3) is 3.89. The monoisotopic (exact) mass is 264 g/mol. The van der Waals surface area contributed by atoms with Crippen LogP contribution < -0.4 is 4.90 Å². The molecular weight excluding hydrogens is 244 g/mol. The smallest absolute Gasteiger partial charge is 0.248 e. The highest BCUT2D eigenvalue weighted by molar-refractivity contribution is 5.77. The Morgan fingerprint density at radius 1 is 1.32 bits per heavy atom. The maximum absolute atomic E-state index is 11.9. The zero-order chi connectivity index (χ0) is 13.7. The molecule has 2 heterocycles. The number of amides is 1. The van der Waals surface area contributed by atoms with Crippen LogP contribution in [-0.4, -0.2) is 59.7 Å². The largest absolute Gasteiger partial charge is 0.369 e. The highest BCUT2D eigenvalue weighted by atomic mass is 16.5. The molecule has 1 aliphatic rings. The fraction of sp³-hybridized carbons (Fsp3) is 0.615. The van der Waals surface area contributed by atoms with Crippen molar-refractivity contribution in [2.24, 2.45) is 0 Å². The second-order valence-corrected chi connectivity index (χ2v) is 4.79. The van der Waals surface area contributed by atoms with Crippen LogP contribution in [0.1, 0.15) is 13.8 Å². The van der Waals surface area contributed by atoms with Gasteiger partial charge in [0.05, 0.1) is 12.3 Å². The Labute approximate surface area is 113 Å². The molecule has 1 saturated heterocycles. The van der Waals surface area contributed by atoms with Crippen molar-refractivity contribution >= 4 is 11.7 Å². The summed E-state index contributed by atoms with van der Waals surface area (Å²) in [5.41, 5.74) is 0. The number of aromatic nitrogens is 2. The van der Waals surface area contributed by atoms with E-state index in [1.165, 1.54) is 0 Å². The van der Waals surface area contributed by atoms with Crippen molar-refractivity contribution in [3.63, 3.8) is 0 Å². The van der Waals surface area contributed by atoms with Crippen LogP contribution in [-0.2, 0) is 9.53 Å². The van der Waals surface area contributed by atoms with E-state index in [0.717, 1.165) is 18.9 Å². The number of hydrogen-bond donors (Lipinski definition) is 0. The van der Waals surface area contributed by atoms with Gasteiger partial charge < -0.3 is 14.5 Å². The standard InChI is InChI=1S/C13H20N4O2/c1-11(2)19-10-13(18)17-7-5-16(6-8-17)12-9-14-3-4-15-12/h3-4,9,11H,5-8,10H2,1-2H3. The highest BCUT2D eigenvalue weighted by Gasteiger charge is 2.21. The fourth-order valence-corrected chi connectivity index (χ4v) is 1.97. The topological polar surface area (TPSA) is 58.6 Å². The molecule has 0 saturated carbocycles. The molecular formula is C13H20N4O2. The molecule has 2 rings (SSSR count). The van der Waals surface area contributed by atoms with Crippen LogP contribution in [0.3, 0.4) is 0 Å². The number of rotatable bonds is 4. The van der Waals surface area contributed by atoms with Gasteiger partial charge in [0.1, 0.15) is 12.4 Å². The summed E-state index contributed by atoms with van der Waals surface area (Å²) < 4.78 is 5.34. The number of ether oxygens (including phenoxy) is 1. The molecule has 0 radical (unpaired) electrons. The van der Waals surface area contributed by atoms with Gasteiger partial charge in [-0.2, -0.15) is 0 Å². The maximum atomic E-state index is 11.9. The Bertz CT molecular complexity index is 402. The van der Waals surface area contributed by atoms with Gasteiger partial charge in [-0.1, -0.05) is 0 Å². The Balaban J connectivity index is 1.81. The van der Waals surface area contributed by atoms with Gasteiger partial charge in [0.2, 0.25) is 5.91 Å². The SMILES string of the molecule is CC(C)OCC(=O)N1CCN(c2cnccn2)CC1. The minimum absolute atomic E-state index is 0.0625. The van der Waals surface area contributed by atoms with Crippen molar-refractivity contribution in [3.05, 3.63) is 18.6 Å². The third-order valence-corrected chi connectivity index (χ3v) is 3.05. The lowest BCUT2D eigenvalue weighted by molar-refractivity contribution is -0.137. The highest BCUT2D eigenvalue weighted by Crippen LogP contribution is 2.11. The van der Waals surface area contributed by atoms with E-state index in [0.29, 0.717) is 13.1 Å². The van der Waals surface area contributed by atoms with Gasteiger partial charge in [0.25, 0.3) is 0 Å². The van der Waals surface area contributed by atoms with Crippen LogP contribution in [0.2, 0.25) is 0 Å². The molecule has 1 fully saturated rings. The Morgan fingerprint density at radius 2 is 2.05 bits per heavy atom. The summed E-state index contributed by atoms with van der Waals surface area (Å²) in [6.07, 6.45) is 5.18. The van der Waals surface area contributed by atoms with E-state index in [1.54, 1.807) is 18.6 Å². The second kappa shape index (κ2) is 6.47. The fourth-order valence-electron chi connectivity index (χ4n) is 1.97. The average molecular weight is 264 g/mol. The minimum atomic E-state index is 0.0625. The van der Waals surface area contributed by atoms with Gasteiger partial charge in [-0.25, -0.2) is 4.98 Å². The molecule has 0 unspecified atom stereocenters. The number of carbonyl (C=O) groups excluding carboxylic acids is 1. The van der Waals surface area contributed by atoms with E-state index >= 15 is 0 Å². The number of carbonyl (C=O) groups is 1. The van der Waals surface area contributed by atoms with Gasteiger partial charge in [0.15, 0.2) is 0 Å². The molecule has 0 bridgehead atoms. The molecule has 0 atom stereocenters. The van der Waals surface area contributed by atoms with Crippen LogP contribution >= 0.6 is 0 Å². The molecule has 1 aliphatic heterocycles. The Kier molecular flexibility index (Phi) is 4.68. The van der Waals surface area contributed by atoms with Crippen LogP contribution in [0, 0.1) is 0 Å². The van der Waals surface area contributed by atoms with E-state index in [-0.39, 0.29) is 18.6 Å². The molecule has 1 aromatic rings. The molecule has 0 N–H and O–H groups in total. The third-order valence-electron chi connectivity index (χ3n) is 3.05. The Morgan fingerprint density at radius 3 is 2.63 bits per heavy atom. The summed E-state index contributed by atoms with van der Waals surface area (Å²) in [4.78, 5) is 24.2. The zero-order valence-corrected chi connectivity index (χ0v) is 11.5. The van der Waals surface area contributed by atoms with Gasteiger partial charge in [-0.15, -0.1) is 0 Å². The van der Waals surface area contributed by atoms with Crippen molar-refractivity contribution in [1.29, 1.82) is 0 Å². The van der Waals surface area contributed by atoms with E-state index in [9.17, 15) is 4.79 Å². The van der Waals surface area contributed by atoms with Crippen LogP contribution in [0.5, 0.6) is 0 Å². The van der Waals surface area contributed by atoms with Crippen LogP contribution in [0.25, 0.3) is 0 Å². The van der Waals surface area contributed by atoms with E-state index in [4.69, 9.17) is 4.74 Å². The molecule has 1 aromatic heterocycles. The van der Waals surface area contributed by atoms with E-state index < -0.39 is 0 Å². The van der Waals surface area contributed by atoms with Crippen molar-refractivity contribution in [2.45, 2.75) is 20.0 Å². The van der Waals surface area contributed by atoms with Gasteiger partial charge >= 0.3 is 0 Å². The van der Waals surface area contributed by atoms with Gasteiger partial charge in [0, 0.05) is 38.6 Å². The molecule has 104 valence electrons. The number of hydrogen-bond acceptors (Lipinski definition) is 5. The average Bonchev–Trinajstić information content (AvgIpc) is 2.46. The summed E-state index contributed by atoms with van der Waals surface area (Å²) in [6, 6.07) is 0. The van der Waals surface area contributed by atoms with E-state index in [2.05, 4.69) is 14.9 Å². The quantitative estimate of drug-likeness (QED) is 0.795. The normalized spacial score (nSPS) is 15.9. The first-order valence-corrected chi connectivity index (χ1v) is 6.57. The molecule has 1 amide bonds. The van der Waals surface area contributed by atoms with Gasteiger partial charge in [-0.3, -0.25) is 9.78 Å². The summed E-state index contributed by atoms with van der Waals surface area (Å²) in [5, 5.41) is 0. The Hall–Kier alpha value is -1.69. The van der Waals surface area contributed by atoms with Crippen molar-refractivity contribution in [2.75, 3.05) is 37.7 Å². The first-order chi connectivity index (χ1) is 9.16. The summed E-state index contributed by atoms with van der Waals surface area (Å²) in [5.74, 6) is 0.931. The first-order valence-electron chi connectivity index (χ1n) is 6.57. The number of piperazine rings is 1. The maximum Gasteiger partial charge on any atom is 0.248 e. The predicted octanol–water partition coefficient (Wildman–Crippen LogP) is 0.550. The molecule has 0 aromatic carbocycles. The van der Waals surface area contributed by atoms with Crippen molar-refractivity contribution in [3.8, 4) is 0 Å². The predicted molar refractivity (Wildman–Crippen MR) is 71.9 cm³/mol. The molecule has 19 heavy (non-hydrogen) atoms. The van der Waals surface area contributed by atoms with E-state index in [1.807, 2.05) is 18.7 Å². The summed E-state index contributed by atoms with van der Waals surface area (Å²) in [6.45, 7) is 7.01. The molecule has 0 spiro atoms. The first kappa shape index (κ1) is 13.7. The number of nitrogens with zero attached hydrogens (tertiary/aromatic N) is 4. The van der Waals surface area contributed by atoms with Crippen LogP contribution in [0.4, 0.5) is 5.82 Å². The van der Waals surface area contributed by atoms with Crippen LogP contribution in [0.15, 0.2) is 18.6 Å². The number of anilines is 1.